The summed E-state index contributed by atoms with van der Waals surface area (Å²) in [5.74, 6) is -0.594. The Balaban J connectivity index is 2.01. The zero-order valence-corrected chi connectivity index (χ0v) is 17.3. The van der Waals surface area contributed by atoms with Gasteiger partial charge in [0.05, 0.1) is 18.7 Å². The normalized spacial score (nSPS) is 12.8. The molecule has 2 amide bonds. The van der Waals surface area contributed by atoms with Crippen molar-refractivity contribution in [2.24, 2.45) is 0 Å². The zero-order valence-electron chi connectivity index (χ0n) is 17.3. The molecule has 5 nitrogen and oxygen atoms in total. The summed E-state index contributed by atoms with van der Waals surface area (Å²) in [7, 11) is 0. The molecule has 2 N–H and O–H groups in total. The Labute approximate surface area is 167 Å². The molecule has 2 rings (SSSR count). The molecular weight excluding hydrogens is 352 g/mol. The fraction of sp³-hybridized carbons (Fsp3) is 0.391. The molecule has 28 heavy (non-hydrogen) atoms. The van der Waals surface area contributed by atoms with Crippen LogP contribution in [0.4, 0.5) is 0 Å². The van der Waals surface area contributed by atoms with E-state index in [-0.39, 0.29) is 12.1 Å². The minimum atomic E-state index is -0.659. The second-order valence-corrected chi connectivity index (χ2v) is 6.96. The maximum absolute atomic E-state index is 12.4. The number of ether oxygens (including phenoxy) is 1. The molecule has 0 aliphatic heterocycles. The Morgan fingerprint density at radius 2 is 1.54 bits per heavy atom. The van der Waals surface area contributed by atoms with Crippen LogP contribution in [0.1, 0.15) is 62.0 Å². The van der Waals surface area contributed by atoms with E-state index < -0.39 is 11.8 Å². The van der Waals surface area contributed by atoms with E-state index in [0.717, 1.165) is 23.1 Å². The third-order valence-electron chi connectivity index (χ3n) is 4.72. The average Bonchev–Trinajstić information content (AvgIpc) is 2.69. The van der Waals surface area contributed by atoms with Gasteiger partial charge in [0.15, 0.2) is 0 Å². The summed E-state index contributed by atoms with van der Waals surface area (Å²) >= 11 is 0. The molecule has 2 aromatic rings. The summed E-state index contributed by atoms with van der Waals surface area (Å²) in [5, 5.41) is 5.53. The van der Waals surface area contributed by atoms with Crippen molar-refractivity contribution in [3.63, 3.8) is 0 Å². The van der Waals surface area contributed by atoms with Gasteiger partial charge in [-0.2, -0.15) is 0 Å². The predicted molar refractivity (Wildman–Crippen MR) is 111 cm³/mol. The van der Waals surface area contributed by atoms with Crippen molar-refractivity contribution < 1.29 is 14.3 Å². The highest BCUT2D eigenvalue weighted by Gasteiger charge is 2.21. The van der Waals surface area contributed by atoms with Gasteiger partial charge in [-0.25, -0.2) is 0 Å². The number of hydrogen-bond acceptors (Lipinski definition) is 3. The number of rotatable bonds is 7. The lowest BCUT2D eigenvalue weighted by Crippen LogP contribution is -2.41. The Morgan fingerprint density at radius 3 is 2.11 bits per heavy atom. The molecule has 0 bridgehead atoms. The van der Waals surface area contributed by atoms with Crippen LogP contribution in [0.25, 0.3) is 0 Å². The van der Waals surface area contributed by atoms with Gasteiger partial charge in [-0.1, -0.05) is 48.9 Å². The van der Waals surface area contributed by atoms with Gasteiger partial charge >= 0.3 is 11.8 Å². The third-order valence-corrected chi connectivity index (χ3v) is 4.72. The molecule has 0 heterocycles. The number of hydrogen-bond donors (Lipinski definition) is 2. The summed E-state index contributed by atoms with van der Waals surface area (Å²) in [6.45, 7) is 10.2. The van der Waals surface area contributed by atoms with Crippen LogP contribution in [0, 0.1) is 6.92 Å². The first-order valence-corrected chi connectivity index (χ1v) is 9.79. The van der Waals surface area contributed by atoms with Gasteiger partial charge < -0.3 is 15.4 Å². The Morgan fingerprint density at radius 1 is 0.929 bits per heavy atom. The highest BCUT2D eigenvalue weighted by molar-refractivity contribution is 6.35. The van der Waals surface area contributed by atoms with Gasteiger partial charge in [0.1, 0.15) is 5.75 Å². The van der Waals surface area contributed by atoms with E-state index in [1.54, 1.807) is 0 Å². The van der Waals surface area contributed by atoms with Gasteiger partial charge in [0, 0.05) is 5.56 Å². The minimum Gasteiger partial charge on any atom is -0.494 e. The van der Waals surface area contributed by atoms with Crippen LogP contribution in [-0.4, -0.2) is 18.4 Å². The molecule has 5 heteroatoms. The number of carbonyl (C=O) groups excluding carboxylic acids is 2. The fourth-order valence-corrected chi connectivity index (χ4v) is 3.02. The van der Waals surface area contributed by atoms with Crippen LogP contribution < -0.4 is 15.4 Å². The molecule has 0 aliphatic carbocycles. The molecule has 0 saturated heterocycles. The maximum Gasteiger partial charge on any atom is 0.309 e. The Kier molecular flexibility index (Phi) is 7.61. The Bertz CT molecular complexity index is 815. The molecule has 2 unspecified atom stereocenters. The smallest absolute Gasteiger partial charge is 0.309 e. The van der Waals surface area contributed by atoms with Crippen molar-refractivity contribution in [2.75, 3.05) is 6.61 Å². The summed E-state index contributed by atoms with van der Waals surface area (Å²) in [5.41, 5.74) is 4.11. The van der Waals surface area contributed by atoms with Crippen molar-refractivity contribution in [3.05, 3.63) is 64.7 Å². The molecule has 2 aromatic carbocycles. The first-order valence-electron chi connectivity index (χ1n) is 9.79. The van der Waals surface area contributed by atoms with Crippen LogP contribution in [0.3, 0.4) is 0 Å². The van der Waals surface area contributed by atoms with Gasteiger partial charge in [0.25, 0.3) is 0 Å². The third kappa shape index (κ3) is 5.59. The molecular formula is C23H30N2O3. The van der Waals surface area contributed by atoms with Gasteiger partial charge in [-0.05, 0) is 51.3 Å². The Hall–Kier alpha value is -2.82. The van der Waals surface area contributed by atoms with E-state index in [1.165, 1.54) is 5.56 Å². The molecule has 0 fully saturated rings. The van der Waals surface area contributed by atoms with Crippen LogP contribution in [0.5, 0.6) is 5.75 Å². The lowest BCUT2D eigenvalue weighted by Gasteiger charge is -2.19. The molecule has 0 aromatic heterocycles. The summed E-state index contributed by atoms with van der Waals surface area (Å²) < 4.78 is 5.64. The quantitative estimate of drug-likeness (QED) is 0.711. The molecule has 0 spiro atoms. The van der Waals surface area contributed by atoms with Crippen LogP contribution in [-0.2, 0) is 16.0 Å². The minimum absolute atomic E-state index is 0.252. The summed E-state index contributed by atoms with van der Waals surface area (Å²) in [6, 6.07) is 13.2. The summed E-state index contributed by atoms with van der Waals surface area (Å²) in [4.78, 5) is 24.7. The summed E-state index contributed by atoms with van der Waals surface area (Å²) in [6.07, 6.45) is 0.962. The van der Waals surface area contributed by atoms with E-state index in [1.807, 2.05) is 70.2 Å². The highest BCUT2D eigenvalue weighted by Crippen LogP contribution is 2.26. The van der Waals surface area contributed by atoms with Crippen LogP contribution in [0.15, 0.2) is 42.5 Å². The first kappa shape index (κ1) is 21.5. The fourth-order valence-electron chi connectivity index (χ4n) is 3.02. The predicted octanol–water partition coefficient (Wildman–Crippen LogP) is 4.01. The van der Waals surface area contributed by atoms with E-state index >= 15 is 0 Å². The topological polar surface area (TPSA) is 67.4 Å². The van der Waals surface area contributed by atoms with Crippen molar-refractivity contribution in [1.29, 1.82) is 0 Å². The standard InChI is InChI=1S/C23H30N2O3/c1-6-18-9-11-19(12-10-18)16(4)24-22(26)23(27)25-17(5)20-14-15(3)8-13-21(20)28-7-2/h8-14,16-17H,6-7H2,1-5H3,(H,24,26)(H,25,27). The van der Waals surface area contributed by atoms with Crippen molar-refractivity contribution in [1.82, 2.24) is 10.6 Å². The highest BCUT2D eigenvalue weighted by atomic mass is 16.5. The molecule has 150 valence electrons. The monoisotopic (exact) mass is 382 g/mol. The van der Waals surface area contributed by atoms with Crippen LogP contribution >= 0.6 is 0 Å². The second kappa shape index (κ2) is 9.93. The second-order valence-electron chi connectivity index (χ2n) is 6.96. The SMILES string of the molecule is CCOc1ccc(C)cc1C(C)NC(=O)C(=O)NC(C)c1ccc(CC)cc1. The van der Waals surface area contributed by atoms with Crippen LogP contribution in [0.2, 0.25) is 0 Å². The number of benzene rings is 2. The van der Waals surface area contributed by atoms with Gasteiger partial charge in [-0.3, -0.25) is 9.59 Å². The average molecular weight is 383 g/mol. The number of nitrogens with one attached hydrogen (secondary N) is 2. The first-order chi connectivity index (χ1) is 13.3. The maximum atomic E-state index is 12.4. The van der Waals surface area contributed by atoms with Crippen molar-refractivity contribution in [2.45, 2.75) is 53.1 Å². The number of carbonyl (C=O) groups is 2. The lowest BCUT2D eigenvalue weighted by molar-refractivity contribution is -0.140. The molecule has 0 radical (unpaired) electrons. The van der Waals surface area contributed by atoms with Crippen molar-refractivity contribution >= 4 is 11.8 Å². The van der Waals surface area contributed by atoms with E-state index in [4.69, 9.17) is 4.74 Å². The van der Waals surface area contributed by atoms with Gasteiger partial charge in [-0.15, -0.1) is 0 Å². The molecule has 0 saturated carbocycles. The van der Waals surface area contributed by atoms with Gasteiger partial charge in [0.2, 0.25) is 0 Å². The largest absolute Gasteiger partial charge is 0.494 e. The van der Waals surface area contributed by atoms with E-state index in [9.17, 15) is 9.59 Å². The van der Waals surface area contributed by atoms with Crippen molar-refractivity contribution in [3.8, 4) is 5.75 Å². The number of amides is 2. The molecule has 0 aliphatic rings. The zero-order chi connectivity index (χ0) is 20.7. The van der Waals surface area contributed by atoms with E-state index in [0.29, 0.717) is 12.4 Å². The lowest BCUT2D eigenvalue weighted by atomic mass is 10.0. The molecule has 2 atom stereocenters. The number of aryl methyl sites for hydroxylation is 2. The van der Waals surface area contributed by atoms with E-state index in [2.05, 4.69) is 17.6 Å².